The van der Waals surface area contributed by atoms with Crippen molar-refractivity contribution in [3.05, 3.63) is 24.3 Å². The number of allylic oxidation sites excluding steroid dienone is 4. The first-order valence-corrected chi connectivity index (χ1v) is 4.45. The molecule has 0 amide bonds. The predicted molar refractivity (Wildman–Crippen MR) is 52.8 cm³/mol. The van der Waals surface area contributed by atoms with E-state index in [-0.39, 0.29) is 5.48 Å². The number of hydrogen-bond donors (Lipinski definition) is 0. The van der Waals surface area contributed by atoms with Gasteiger partial charge in [-0.3, -0.25) is 0 Å². The van der Waals surface area contributed by atoms with Crippen LogP contribution >= 0.6 is 0 Å². The lowest BCUT2D eigenvalue weighted by atomic mass is 10.2. The summed E-state index contributed by atoms with van der Waals surface area (Å²) in [5.74, 6) is 0. The molecule has 76 valence electrons. The largest absolute Gasteiger partial charge is 0.412 e. The topological polar surface area (TPSA) is 50.0 Å². The third kappa shape index (κ3) is 7.71. The molecule has 0 spiro atoms. The summed E-state index contributed by atoms with van der Waals surface area (Å²) in [6, 6.07) is 0. The molecule has 3 nitrogen and oxygen atoms in total. The van der Waals surface area contributed by atoms with Gasteiger partial charge in [-0.15, -0.1) is 0 Å². The van der Waals surface area contributed by atoms with Crippen LogP contribution in [-0.2, 0) is 9.47 Å². The molecule has 1 aliphatic heterocycles. The van der Waals surface area contributed by atoms with Crippen molar-refractivity contribution in [1.82, 2.24) is 0 Å². The van der Waals surface area contributed by atoms with Gasteiger partial charge >= 0.3 is 0 Å². The maximum absolute atomic E-state index is 4.94. The molecule has 1 fully saturated rings. The first kappa shape index (κ1) is 12.4. The Bertz CT molecular complexity index is 117. The molecule has 1 saturated heterocycles. The molecule has 2 rings (SSSR count). The van der Waals surface area contributed by atoms with Gasteiger partial charge < -0.3 is 14.9 Å². The highest BCUT2D eigenvalue weighted by Gasteiger charge is 1.94. The lowest BCUT2D eigenvalue weighted by Crippen LogP contribution is -2.16. The molecule has 0 saturated carbocycles. The molecule has 0 aromatic carbocycles. The highest BCUT2D eigenvalue weighted by molar-refractivity contribution is 5.02. The molecule has 0 atom stereocenters. The Morgan fingerprint density at radius 3 is 1.08 bits per heavy atom. The van der Waals surface area contributed by atoms with Crippen LogP contribution in [0.3, 0.4) is 0 Å². The molecule has 0 bridgehead atoms. The summed E-state index contributed by atoms with van der Waals surface area (Å²) >= 11 is 0. The first-order chi connectivity index (χ1) is 6.00. The molecule has 1 aliphatic carbocycles. The summed E-state index contributed by atoms with van der Waals surface area (Å²) in [6.07, 6.45) is 11.0. The van der Waals surface area contributed by atoms with Crippen LogP contribution in [0.25, 0.3) is 0 Å². The van der Waals surface area contributed by atoms with Crippen LogP contribution in [-0.4, -0.2) is 31.9 Å². The van der Waals surface area contributed by atoms with Gasteiger partial charge in [-0.05, 0) is 12.8 Å². The van der Waals surface area contributed by atoms with Crippen LogP contribution in [0.5, 0.6) is 0 Å². The fourth-order valence-electron chi connectivity index (χ4n) is 0.982. The molecular formula is C10H18O3. The van der Waals surface area contributed by atoms with E-state index in [1.165, 1.54) is 0 Å². The minimum Gasteiger partial charge on any atom is -0.412 e. The van der Waals surface area contributed by atoms with Gasteiger partial charge in [0.25, 0.3) is 0 Å². The summed E-state index contributed by atoms with van der Waals surface area (Å²) in [6.45, 7) is 3.11. The third-order valence-corrected chi connectivity index (χ3v) is 1.62. The van der Waals surface area contributed by atoms with Crippen LogP contribution < -0.4 is 0 Å². The summed E-state index contributed by atoms with van der Waals surface area (Å²) in [5.41, 5.74) is 0. The van der Waals surface area contributed by atoms with Crippen molar-refractivity contribution < 1.29 is 14.9 Å². The normalized spacial score (nSPS) is 19.7. The molecule has 0 aromatic heterocycles. The van der Waals surface area contributed by atoms with E-state index in [1.807, 2.05) is 0 Å². The van der Waals surface area contributed by atoms with E-state index >= 15 is 0 Å². The fraction of sp³-hybridized carbons (Fsp3) is 0.600. The standard InChI is InChI=1S/C6H8.C4H8O2.H2O/c1-2-4-6-5-3-1;1-2-6-4-3-5-1;/h1-2,5-6H,3-4H2;1-4H2;1H2. The molecule has 13 heavy (non-hydrogen) atoms. The molecule has 0 radical (unpaired) electrons. The minimum atomic E-state index is 0. The second-order valence-corrected chi connectivity index (χ2v) is 2.64. The van der Waals surface area contributed by atoms with Crippen molar-refractivity contribution >= 4 is 0 Å². The average Bonchev–Trinajstić information content (AvgIpc) is 2.24. The van der Waals surface area contributed by atoms with Crippen LogP contribution in [0, 0.1) is 0 Å². The molecule has 2 aliphatic rings. The molecule has 0 aromatic rings. The maximum Gasteiger partial charge on any atom is 0.0701 e. The highest BCUT2D eigenvalue weighted by Crippen LogP contribution is 1.97. The Balaban J connectivity index is 0.000000206. The van der Waals surface area contributed by atoms with Gasteiger partial charge in [0.05, 0.1) is 26.4 Å². The van der Waals surface area contributed by atoms with Gasteiger partial charge in [-0.25, -0.2) is 0 Å². The molecule has 1 heterocycles. The van der Waals surface area contributed by atoms with Crippen LogP contribution in [0.15, 0.2) is 24.3 Å². The van der Waals surface area contributed by atoms with E-state index in [2.05, 4.69) is 24.3 Å². The summed E-state index contributed by atoms with van der Waals surface area (Å²) < 4.78 is 9.89. The summed E-state index contributed by atoms with van der Waals surface area (Å²) in [7, 11) is 0. The highest BCUT2D eigenvalue weighted by atomic mass is 16.6. The van der Waals surface area contributed by atoms with Gasteiger partial charge in [0, 0.05) is 0 Å². The third-order valence-electron chi connectivity index (χ3n) is 1.62. The Morgan fingerprint density at radius 1 is 0.615 bits per heavy atom. The first-order valence-electron chi connectivity index (χ1n) is 4.45. The second kappa shape index (κ2) is 9.45. The van der Waals surface area contributed by atoms with E-state index in [1.54, 1.807) is 0 Å². The van der Waals surface area contributed by atoms with E-state index in [0.29, 0.717) is 0 Å². The van der Waals surface area contributed by atoms with Gasteiger partial charge in [0.1, 0.15) is 0 Å². The number of hydrogen-bond acceptors (Lipinski definition) is 2. The summed E-state index contributed by atoms with van der Waals surface area (Å²) in [5, 5.41) is 0. The SMILES string of the molecule is C1=CCC=CC1.C1COCCO1.O. The number of rotatable bonds is 0. The number of ether oxygens (including phenoxy) is 2. The van der Waals surface area contributed by atoms with Crippen molar-refractivity contribution in [3.8, 4) is 0 Å². The van der Waals surface area contributed by atoms with Gasteiger partial charge in [0.2, 0.25) is 0 Å². The average molecular weight is 186 g/mol. The van der Waals surface area contributed by atoms with E-state index in [4.69, 9.17) is 9.47 Å². The van der Waals surface area contributed by atoms with Crippen molar-refractivity contribution in [2.45, 2.75) is 12.8 Å². The molecule has 2 N–H and O–H groups in total. The maximum atomic E-state index is 4.94. The molecular weight excluding hydrogens is 168 g/mol. The minimum absolute atomic E-state index is 0. The Morgan fingerprint density at radius 2 is 0.923 bits per heavy atom. The Hall–Kier alpha value is -0.640. The van der Waals surface area contributed by atoms with Crippen LogP contribution in [0.4, 0.5) is 0 Å². The monoisotopic (exact) mass is 186 g/mol. The zero-order valence-corrected chi connectivity index (χ0v) is 7.87. The van der Waals surface area contributed by atoms with Gasteiger partial charge in [-0.2, -0.15) is 0 Å². The van der Waals surface area contributed by atoms with Crippen molar-refractivity contribution in [2.24, 2.45) is 0 Å². The molecule has 0 unspecified atom stereocenters. The van der Waals surface area contributed by atoms with Gasteiger partial charge in [-0.1, -0.05) is 24.3 Å². The Labute approximate surface area is 79.3 Å². The second-order valence-electron chi connectivity index (χ2n) is 2.64. The lowest BCUT2D eigenvalue weighted by Gasteiger charge is -2.09. The zero-order valence-electron chi connectivity index (χ0n) is 7.87. The lowest BCUT2D eigenvalue weighted by molar-refractivity contribution is -0.0334. The van der Waals surface area contributed by atoms with Crippen molar-refractivity contribution in [1.29, 1.82) is 0 Å². The Kier molecular flexibility index (Phi) is 8.98. The van der Waals surface area contributed by atoms with E-state index in [0.717, 1.165) is 39.3 Å². The van der Waals surface area contributed by atoms with E-state index in [9.17, 15) is 0 Å². The van der Waals surface area contributed by atoms with Crippen LogP contribution in [0.2, 0.25) is 0 Å². The summed E-state index contributed by atoms with van der Waals surface area (Å²) in [4.78, 5) is 0. The predicted octanol–water partition coefficient (Wildman–Crippen LogP) is 1.10. The van der Waals surface area contributed by atoms with Gasteiger partial charge in [0.15, 0.2) is 0 Å². The quantitative estimate of drug-likeness (QED) is 0.532. The van der Waals surface area contributed by atoms with Crippen LogP contribution in [0.1, 0.15) is 12.8 Å². The van der Waals surface area contributed by atoms with Crippen molar-refractivity contribution in [3.63, 3.8) is 0 Å². The molecule has 3 heteroatoms. The fourth-order valence-corrected chi connectivity index (χ4v) is 0.982. The smallest absolute Gasteiger partial charge is 0.0701 e. The van der Waals surface area contributed by atoms with Crippen molar-refractivity contribution in [2.75, 3.05) is 26.4 Å². The van der Waals surface area contributed by atoms with E-state index < -0.39 is 0 Å². The zero-order chi connectivity index (χ0) is 8.49.